The van der Waals surface area contributed by atoms with Crippen molar-refractivity contribution in [1.82, 2.24) is 10.6 Å². The molecule has 0 radical (unpaired) electrons. The van der Waals surface area contributed by atoms with Gasteiger partial charge < -0.3 is 30.9 Å². The van der Waals surface area contributed by atoms with Crippen LogP contribution in [0.25, 0.3) is 0 Å². The van der Waals surface area contributed by atoms with E-state index in [4.69, 9.17) is 15.2 Å². The van der Waals surface area contributed by atoms with Crippen LogP contribution in [0, 0.1) is 0 Å². The third-order valence-electron chi connectivity index (χ3n) is 6.81. The summed E-state index contributed by atoms with van der Waals surface area (Å²) in [5.41, 5.74) is 5.11. The zero-order chi connectivity index (χ0) is 30.7. The summed E-state index contributed by atoms with van der Waals surface area (Å²) in [6, 6.07) is 13.4. The van der Waals surface area contributed by atoms with E-state index in [2.05, 4.69) is 17.6 Å². The maximum absolute atomic E-state index is 11.0. The number of benzene rings is 2. The zero-order valence-corrected chi connectivity index (χ0v) is 26.0. The summed E-state index contributed by atoms with van der Waals surface area (Å²) in [6.07, 6.45) is 20.9. The van der Waals surface area contributed by atoms with Crippen LogP contribution in [-0.4, -0.2) is 37.2 Å². The molecule has 2 rings (SSSR count). The van der Waals surface area contributed by atoms with Crippen molar-refractivity contribution in [2.45, 2.75) is 110 Å². The van der Waals surface area contributed by atoms with Crippen LogP contribution >= 0.6 is 0 Å². The van der Waals surface area contributed by atoms with E-state index < -0.39 is 0 Å². The quantitative estimate of drug-likeness (QED) is 0.104. The van der Waals surface area contributed by atoms with Gasteiger partial charge in [0.05, 0.1) is 6.54 Å². The van der Waals surface area contributed by atoms with Gasteiger partial charge in [0.25, 0.3) is 0 Å². The number of ether oxygens (including phenoxy) is 2. The average Bonchev–Trinajstić information content (AvgIpc) is 2.99. The van der Waals surface area contributed by atoms with Crippen molar-refractivity contribution in [1.29, 1.82) is 0 Å². The summed E-state index contributed by atoms with van der Waals surface area (Å²) in [6.45, 7) is 3.08. The van der Waals surface area contributed by atoms with Crippen molar-refractivity contribution in [2.75, 3.05) is 20.2 Å². The van der Waals surface area contributed by atoms with Gasteiger partial charge in [-0.15, -0.1) is 0 Å². The molecule has 0 saturated heterocycles. The highest BCUT2D eigenvalue weighted by molar-refractivity contribution is 5.73. The van der Waals surface area contributed by atoms with E-state index in [1.165, 1.54) is 89.9 Å². The number of urea groups is 1. The Morgan fingerprint density at radius 2 is 1.12 bits per heavy atom. The Labute approximate surface area is 253 Å². The van der Waals surface area contributed by atoms with Crippen LogP contribution in [0.1, 0.15) is 110 Å². The highest BCUT2D eigenvalue weighted by Crippen LogP contribution is 2.25. The lowest BCUT2D eigenvalue weighted by atomic mass is 10.0. The number of hydrogen-bond acceptors (Lipinski definition) is 5. The first-order chi connectivity index (χ1) is 20.4. The largest absolute Gasteiger partial charge is 0.508 e. The van der Waals surface area contributed by atoms with E-state index in [0.29, 0.717) is 36.8 Å². The zero-order valence-electron chi connectivity index (χ0n) is 26.0. The summed E-state index contributed by atoms with van der Waals surface area (Å²) >= 11 is 0. The van der Waals surface area contributed by atoms with Crippen molar-refractivity contribution in [3.63, 3.8) is 0 Å². The fourth-order valence-electron chi connectivity index (χ4n) is 4.35. The lowest BCUT2D eigenvalue weighted by molar-refractivity contribution is -0.118. The van der Waals surface area contributed by atoms with Crippen LogP contribution in [-0.2, 0) is 4.79 Å². The number of carbonyl (C=O) groups excluding carboxylic acids is 2. The van der Waals surface area contributed by atoms with E-state index in [0.717, 1.165) is 6.42 Å². The van der Waals surface area contributed by atoms with Gasteiger partial charge in [0.15, 0.2) is 0 Å². The molecule has 0 atom stereocenters. The molecular formula is C34H55N3O5. The molecule has 0 fully saturated rings. The number of aromatic hydroxyl groups is 1. The van der Waals surface area contributed by atoms with E-state index in [1.807, 2.05) is 0 Å². The molecule has 0 aliphatic heterocycles. The van der Waals surface area contributed by atoms with Crippen LogP contribution in [0.15, 0.2) is 48.5 Å². The molecule has 0 aliphatic carbocycles. The number of nitrogens with one attached hydrogen (secondary N) is 2. The smallest absolute Gasteiger partial charge is 0.314 e. The summed E-state index contributed by atoms with van der Waals surface area (Å²) < 4.78 is 11.1. The van der Waals surface area contributed by atoms with Crippen molar-refractivity contribution in [3.8, 4) is 23.0 Å². The Hall–Kier alpha value is -3.42. The molecule has 236 valence electrons. The first-order valence-corrected chi connectivity index (χ1v) is 15.9. The average molecular weight is 586 g/mol. The Bertz CT molecular complexity index is 935. The van der Waals surface area contributed by atoms with E-state index in [1.54, 1.807) is 55.6 Å². The molecule has 8 heteroatoms. The third kappa shape index (κ3) is 21.3. The fraction of sp³-hybridized carbons (Fsp3) is 0.588. The second-order valence-corrected chi connectivity index (χ2v) is 10.6. The second-order valence-electron chi connectivity index (χ2n) is 10.6. The molecule has 42 heavy (non-hydrogen) atoms. The Kier molecular flexibility index (Phi) is 22.1. The SMILES string of the molecule is CCCCCCCCCCCCCCCCCC(N)=O.CNC(=O)NCCOc1ccc(Oc2ccc(O)cc2)cc1. The molecule has 2 aromatic carbocycles. The molecule has 0 bridgehead atoms. The van der Waals surface area contributed by atoms with Gasteiger partial charge in [-0.2, -0.15) is 0 Å². The van der Waals surface area contributed by atoms with Crippen molar-refractivity contribution in [2.24, 2.45) is 5.73 Å². The molecular weight excluding hydrogens is 530 g/mol. The molecule has 2 aromatic rings. The van der Waals surface area contributed by atoms with Crippen LogP contribution in [0.2, 0.25) is 0 Å². The van der Waals surface area contributed by atoms with Gasteiger partial charge in [0.1, 0.15) is 29.6 Å². The highest BCUT2D eigenvalue weighted by atomic mass is 16.5. The predicted molar refractivity (Wildman–Crippen MR) is 171 cm³/mol. The van der Waals surface area contributed by atoms with Crippen LogP contribution < -0.4 is 25.8 Å². The van der Waals surface area contributed by atoms with Crippen molar-refractivity contribution < 1.29 is 24.2 Å². The molecule has 8 nitrogen and oxygen atoms in total. The minimum atomic E-state index is -0.235. The first kappa shape index (κ1) is 36.6. The number of hydrogen-bond donors (Lipinski definition) is 4. The molecule has 0 saturated carbocycles. The summed E-state index contributed by atoms with van der Waals surface area (Å²) in [7, 11) is 1.56. The molecule has 0 heterocycles. The number of nitrogens with two attached hydrogens (primary N) is 1. The molecule has 5 N–H and O–H groups in total. The van der Waals surface area contributed by atoms with Crippen molar-refractivity contribution in [3.05, 3.63) is 48.5 Å². The number of carbonyl (C=O) groups is 2. The molecule has 0 unspecified atom stereocenters. The second kappa shape index (κ2) is 25.3. The minimum absolute atomic E-state index is 0.153. The monoisotopic (exact) mass is 585 g/mol. The maximum Gasteiger partial charge on any atom is 0.314 e. The topological polar surface area (TPSA) is 123 Å². The number of unbranched alkanes of at least 4 members (excludes halogenated alkanes) is 14. The van der Waals surface area contributed by atoms with Gasteiger partial charge in [-0.05, 0) is 55.0 Å². The van der Waals surface area contributed by atoms with E-state index >= 15 is 0 Å². The molecule has 0 aromatic heterocycles. The lowest BCUT2D eigenvalue weighted by Gasteiger charge is -2.09. The molecule has 0 aliphatic rings. The summed E-state index contributed by atoms with van der Waals surface area (Å²) in [5, 5.41) is 14.3. The predicted octanol–water partition coefficient (Wildman–Crippen LogP) is 8.23. The van der Waals surface area contributed by atoms with E-state index in [9.17, 15) is 14.7 Å². The van der Waals surface area contributed by atoms with Crippen LogP contribution in [0.3, 0.4) is 0 Å². The third-order valence-corrected chi connectivity index (χ3v) is 6.81. The molecule has 0 spiro atoms. The van der Waals surface area contributed by atoms with Gasteiger partial charge in [-0.25, -0.2) is 4.79 Å². The maximum atomic E-state index is 11.0. The summed E-state index contributed by atoms with van der Waals surface area (Å²) in [5.74, 6) is 2.04. The van der Waals surface area contributed by atoms with Crippen molar-refractivity contribution >= 4 is 11.9 Å². The standard InChI is InChI=1S/C18H37NO.C16H18N2O4/c1-2-3-4-5-6-7-8-9-10-11-12-13-14-15-16-17-18(19)20;1-17-16(20)18-10-11-21-13-6-8-15(9-7-13)22-14-4-2-12(19)3-5-14/h2-17H2,1H3,(H2,19,20);2-9,19H,10-11H2,1H3,(H2,17,18,20). The summed E-state index contributed by atoms with van der Waals surface area (Å²) in [4.78, 5) is 21.5. The van der Waals surface area contributed by atoms with Gasteiger partial charge >= 0.3 is 6.03 Å². The normalized spacial score (nSPS) is 10.3. The Balaban J connectivity index is 0.000000423. The van der Waals surface area contributed by atoms with Gasteiger partial charge in [0, 0.05) is 13.5 Å². The number of primary amides is 1. The number of phenolic OH excluding ortho intramolecular Hbond substituents is 1. The van der Waals surface area contributed by atoms with Crippen LogP contribution in [0.4, 0.5) is 4.79 Å². The van der Waals surface area contributed by atoms with E-state index in [-0.39, 0.29) is 17.7 Å². The Morgan fingerprint density at radius 3 is 1.57 bits per heavy atom. The van der Waals surface area contributed by atoms with Gasteiger partial charge in [-0.1, -0.05) is 96.8 Å². The fourth-order valence-corrected chi connectivity index (χ4v) is 4.35. The number of phenols is 1. The number of amides is 3. The van der Waals surface area contributed by atoms with Crippen LogP contribution in [0.5, 0.6) is 23.0 Å². The van der Waals surface area contributed by atoms with Gasteiger partial charge in [0.2, 0.25) is 5.91 Å². The number of rotatable bonds is 22. The van der Waals surface area contributed by atoms with Gasteiger partial charge in [-0.3, -0.25) is 4.79 Å². The Morgan fingerprint density at radius 1 is 0.690 bits per heavy atom. The lowest BCUT2D eigenvalue weighted by Crippen LogP contribution is -2.35. The first-order valence-electron chi connectivity index (χ1n) is 15.9. The minimum Gasteiger partial charge on any atom is -0.508 e. The molecule has 3 amide bonds. The highest BCUT2D eigenvalue weighted by Gasteiger charge is 2.00.